The highest BCUT2D eigenvalue weighted by atomic mass is 32.2. The molecule has 1 aliphatic rings. The average molecular weight is 319 g/mol. The highest BCUT2D eigenvalue weighted by molar-refractivity contribution is 8.19. The zero-order valence-electron chi connectivity index (χ0n) is 11.2. The van der Waals surface area contributed by atoms with Crippen LogP contribution in [0.2, 0.25) is 0 Å². The van der Waals surface area contributed by atoms with Crippen LogP contribution in [-0.4, -0.2) is 17.4 Å². The minimum atomic E-state index is -0.509. The molecule has 0 aromatic heterocycles. The summed E-state index contributed by atoms with van der Waals surface area (Å²) in [6.45, 7) is 0. The van der Waals surface area contributed by atoms with Crippen molar-refractivity contribution in [3.63, 3.8) is 0 Å². The van der Waals surface area contributed by atoms with Crippen molar-refractivity contribution in [3.8, 4) is 0 Å². The molecule has 1 heterocycles. The number of carbonyl (C=O) groups is 1. The monoisotopic (exact) mass is 319 g/mol. The fourth-order valence-corrected chi connectivity index (χ4v) is 4.98. The molecule has 21 heavy (non-hydrogen) atoms. The maximum atomic E-state index is 13.5. The van der Waals surface area contributed by atoms with Crippen LogP contribution in [0.1, 0.15) is 20.5 Å². The van der Waals surface area contributed by atoms with Gasteiger partial charge in [0, 0.05) is 17.2 Å². The molecule has 0 atom stereocenters. The normalized spacial score (nSPS) is 15.1. The number of benzene rings is 2. The first-order valence-corrected chi connectivity index (χ1v) is 8.73. The maximum absolute atomic E-state index is 13.5. The molecule has 2 aromatic carbocycles. The molecule has 1 fully saturated rings. The molecule has 0 saturated carbocycles. The van der Waals surface area contributed by atoms with E-state index in [0.29, 0.717) is 10.3 Å². The van der Waals surface area contributed by atoms with Gasteiger partial charge in [-0.15, -0.1) is 23.5 Å². The van der Waals surface area contributed by atoms with Crippen molar-refractivity contribution in [1.82, 2.24) is 0 Å². The van der Waals surface area contributed by atoms with Crippen molar-refractivity contribution in [1.29, 1.82) is 0 Å². The zero-order valence-corrected chi connectivity index (χ0v) is 12.8. The smallest absolute Gasteiger partial charge is 0.258 e. The van der Waals surface area contributed by atoms with E-state index in [-0.39, 0.29) is 5.56 Å². The predicted octanol–water partition coefficient (Wildman–Crippen LogP) is 4.56. The average Bonchev–Trinajstić information content (AvgIpc) is 3.02. The molecule has 1 amide bonds. The molecular formula is C16H14FNOS2. The summed E-state index contributed by atoms with van der Waals surface area (Å²) >= 11 is 3.88. The van der Waals surface area contributed by atoms with Gasteiger partial charge in [0.15, 0.2) is 0 Å². The maximum Gasteiger partial charge on any atom is 0.258 e. The van der Waals surface area contributed by atoms with Gasteiger partial charge in [-0.05, 0) is 29.8 Å². The number of hydrogen-bond donors (Lipinski definition) is 1. The van der Waals surface area contributed by atoms with Gasteiger partial charge in [0.25, 0.3) is 5.91 Å². The van der Waals surface area contributed by atoms with E-state index in [1.54, 1.807) is 12.1 Å². The van der Waals surface area contributed by atoms with Gasteiger partial charge < -0.3 is 5.32 Å². The molecule has 0 bridgehead atoms. The lowest BCUT2D eigenvalue weighted by Gasteiger charge is -2.10. The number of thioether (sulfide) groups is 2. The largest absolute Gasteiger partial charge is 0.322 e. The lowest BCUT2D eigenvalue weighted by atomic mass is 10.2. The lowest BCUT2D eigenvalue weighted by Crippen LogP contribution is -2.13. The quantitative estimate of drug-likeness (QED) is 0.899. The molecule has 108 valence electrons. The number of amides is 1. The van der Waals surface area contributed by atoms with Crippen LogP contribution in [-0.2, 0) is 0 Å². The molecule has 2 aromatic rings. The molecule has 0 unspecified atom stereocenters. The highest BCUT2D eigenvalue weighted by Gasteiger charge is 2.18. The number of carbonyl (C=O) groups excluding carboxylic acids is 1. The Kier molecular flexibility index (Phi) is 4.51. The molecule has 0 spiro atoms. The first-order chi connectivity index (χ1) is 10.2. The third kappa shape index (κ3) is 3.41. The minimum absolute atomic E-state index is 0.0588. The topological polar surface area (TPSA) is 29.1 Å². The van der Waals surface area contributed by atoms with Crippen molar-refractivity contribution in [3.05, 3.63) is 65.5 Å². The van der Waals surface area contributed by atoms with Crippen molar-refractivity contribution >= 4 is 35.1 Å². The van der Waals surface area contributed by atoms with E-state index in [9.17, 15) is 9.18 Å². The van der Waals surface area contributed by atoms with E-state index in [1.807, 2.05) is 47.8 Å². The molecule has 2 nitrogen and oxygen atoms in total. The number of anilines is 1. The van der Waals surface area contributed by atoms with Crippen molar-refractivity contribution in [2.45, 2.75) is 4.58 Å². The first kappa shape index (κ1) is 14.5. The Morgan fingerprint density at radius 1 is 1.05 bits per heavy atom. The van der Waals surface area contributed by atoms with Crippen molar-refractivity contribution in [2.24, 2.45) is 0 Å². The van der Waals surface area contributed by atoms with E-state index in [1.165, 1.54) is 29.2 Å². The lowest BCUT2D eigenvalue weighted by molar-refractivity contribution is 0.102. The number of hydrogen-bond acceptors (Lipinski definition) is 3. The summed E-state index contributed by atoms with van der Waals surface area (Å²) in [6.07, 6.45) is 0. The van der Waals surface area contributed by atoms with Gasteiger partial charge in [-0.3, -0.25) is 4.79 Å². The molecule has 1 N–H and O–H groups in total. The first-order valence-electron chi connectivity index (χ1n) is 6.63. The molecule has 5 heteroatoms. The fourth-order valence-electron chi connectivity index (χ4n) is 2.12. The van der Waals surface area contributed by atoms with Gasteiger partial charge in [0.1, 0.15) is 5.82 Å². The number of rotatable bonds is 3. The van der Waals surface area contributed by atoms with Gasteiger partial charge in [-0.25, -0.2) is 4.39 Å². The zero-order chi connectivity index (χ0) is 14.7. The SMILES string of the molecule is O=C(Nc1ccc(C2SCCS2)cc1)c1ccccc1F. The van der Waals surface area contributed by atoms with E-state index in [2.05, 4.69) is 5.32 Å². The Morgan fingerprint density at radius 3 is 2.38 bits per heavy atom. The second kappa shape index (κ2) is 6.54. The number of nitrogens with one attached hydrogen (secondary N) is 1. The van der Waals surface area contributed by atoms with E-state index in [4.69, 9.17) is 0 Å². The van der Waals surface area contributed by atoms with Crippen LogP contribution in [0.5, 0.6) is 0 Å². The summed E-state index contributed by atoms with van der Waals surface area (Å²) in [4.78, 5) is 12.0. The fraction of sp³-hybridized carbons (Fsp3) is 0.188. The van der Waals surface area contributed by atoms with E-state index >= 15 is 0 Å². The standard InChI is InChI=1S/C16H14FNOS2/c17-14-4-2-1-3-13(14)15(19)18-12-7-5-11(6-8-12)16-20-9-10-21-16/h1-8,16H,9-10H2,(H,18,19). The Balaban J connectivity index is 1.70. The van der Waals surface area contributed by atoms with E-state index < -0.39 is 11.7 Å². The summed E-state index contributed by atoms with van der Waals surface area (Å²) in [5, 5.41) is 2.72. The second-order valence-corrected chi connectivity index (χ2v) is 7.35. The molecule has 0 radical (unpaired) electrons. The van der Waals surface area contributed by atoms with Gasteiger partial charge in [-0.2, -0.15) is 0 Å². The van der Waals surface area contributed by atoms with Crippen LogP contribution in [0.25, 0.3) is 0 Å². The van der Waals surface area contributed by atoms with E-state index in [0.717, 1.165) is 0 Å². The number of halogens is 1. The van der Waals surface area contributed by atoms with Crippen LogP contribution in [0, 0.1) is 5.82 Å². The molecule has 0 aliphatic carbocycles. The predicted molar refractivity (Wildman–Crippen MR) is 88.5 cm³/mol. The Hall–Kier alpha value is -1.46. The summed E-state index contributed by atoms with van der Waals surface area (Å²) in [7, 11) is 0. The van der Waals surface area contributed by atoms with Crippen molar-refractivity contribution in [2.75, 3.05) is 16.8 Å². The van der Waals surface area contributed by atoms with Gasteiger partial charge in [0.05, 0.1) is 10.1 Å². The Bertz CT molecular complexity index is 639. The minimum Gasteiger partial charge on any atom is -0.322 e. The summed E-state index contributed by atoms with van der Waals surface area (Å²) in [5.74, 6) is 1.43. The summed E-state index contributed by atoms with van der Waals surface area (Å²) in [6, 6.07) is 13.8. The third-order valence-electron chi connectivity index (χ3n) is 3.18. The second-order valence-electron chi connectivity index (χ2n) is 4.63. The molecular weight excluding hydrogens is 305 g/mol. The van der Waals surface area contributed by atoms with Crippen LogP contribution < -0.4 is 5.32 Å². The van der Waals surface area contributed by atoms with Crippen LogP contribution in [0.3, 0.4) is 0 Å². The van der Waals surface area contributed by atoms with Crippen LogP contribution in [0.4, 0.5) is 10.1 Å². The Labute approximate surface area is 131 Å². The van der Waals surface area contributed by atoms with Gasteiger partial charge in [0.2, 0.25) is 0 Å². The van der Waals surface area contributed by atoms with Gasteiger partial charge in [-0.1, -0.05) is 24.3 Å². The summed E-state index contributed by atoms with van der Waals surface area (Å²) in [5.41, 5.74) is 2.00. The molecule has 1 aliphatic heterocycles. The Morgan fingerprint density at radius 2 is 1.71 bits per heavy atom. The van der Waals surface area contributed by atoms with Crippen LogP contribution in [0.15, 0.2) is 48.5 Å². The van der Waals surface area contributed by atoms with Crippen LogP contribution >= 0.6 is 23.5 Å². The molecule has 3 rings (SSSR count). The van der Waals surface area contributed by atoms with Crippen molar-refractivity contribution < 1.29 is 9.18 Å². The van der Waals surface area contributed by atoms with Gasteiger partial charge >= 0.3 is 0 Å². The molecule has 1 saturated heterocycles. The highest BCUT2D eigenvalue weighted by Crippen LogP contribution is 2.45. The summed E-state index contributed by atoms with van der Waals surface area (Å²) < 4.78 is 14.0. The third-order valence-corrected chi connectivity index (χ3v) is 6.29.